The van der Waals surface area contributed by atoms with Gasteiger partial charge in [0.15, 0.2) is 11.7 Å². The minimum absolute atomic E-state index is 0.357. The number of carbonyl (C=O) groups excluding carboxylic acids is 1. The third kappa shape index (κ3) is 2.63. The molecule has 1 N–H and O–H groups in total. The summed E-state index contributed by atoms with van der Waals surface area (Å²) in [6.07, 6.45) is 0.984. The van der Waals surface area contributed by atoms with Crippen LogP contribution in [0.15, 0.2) is 34.9 Å². The van der Waals surface area contributed by atoms with E-state index in [1.807, 2.05) is 0 Å². The number of aryl methyl sites for hydroxylation is 1. The molecule has 5 nitrogen and oxygen atoms in total. The molecule has 18 heavy (non-hydrogen) atoms. The molecule has 1 aromatic carbocycles. The fourth-order valence-corrected chi connectivity index (χ4v) is 1.59. The first-order valence-corrected chi connectivity index (χ1v) is 5.34. The lowest BCUT2D eigenvalue weighted by Crippen LogP contribution is -2.06. The predicted molar refractivity (Wildman–Crippen MR) is 63.3 cm³/mol. The van der Waals surface area contributed by atoms with E-state index < -0.39 is 18.2 Å². The van der Waals surface area contributed by atoms with Crippen LogP contribution >= 0.6 is 0 Å². The van der Waals surface area contributed by atoms with Crippen molar-refractivity contribution in [2.24, 2.45) is 0 Å². The summed E-state index contributed by atoms with van der Waals surface area (Å²) in [6, 6.07) is 6.67. The quantitative estimate of drug-likeness (QED) is 0.660. The van der Waals surface area contributed by atoms with Crippen LogP contribution in [-0.2, 0) is 4.79 Å². The van der Waals surface area contributed by atoms with Crippen molar-refractivity contribution in [1.82, 2.24) is 4.98 Å². The van der Waals surface area contributed by atoms with Gasteiger partial charge in [-0.2, -0.15) is 0 Å². The molecule has 0 fully saturated rings. The Morgan fingerprint density at radius 1 is 1.39 bits per heavy atom. The van der Waals surface area contributed by atoms with Crippen LogP contribution in [0, 0.1) is 6.92 Å². The summed E-state index contributed by atoms with van der Waals surface area (Å²) in [5.74, 6) is -1.03. The third-order valence-electron chi connectivity index (χ3n) is 2.41. The van der Waals surface area contributed by atoms with Gasteiger partial charge in [0.25, 0.3) is 0 Å². The Labute approximate surface area is 103 Å². The van der Waals surface area contributed by atoms with E-state index in [-0.39, 0.29) is 0 Å². The van der Waals surface area contributed by atoms with E-state index in [0.717, 1.165) is 5.56 Å². The summed E-state index contributed by atoms with van der Waals surface area (Å²) >= 11 is 0. The molecular formula is C13H11NO4. The zero-order valence-corrected chi connectivity index (χ0v) is 9.71. The SMILES string of the molecule is Cc1nc(-c2cccc(C(=O)CC(=O)O)c2)co1. The highest BCUT2D eigenvalue weighted by molar-refractivity contribution is 6.05. The molecule has 0 amide bonds. The number of ketones is 1. The Morgan fingerprint density at radius 2 is 2.17 bits per heavy atom. The molecule has 0 bridgehead atoms. The number of hydrogen-bond acceptors (Lipinski definition) is 4. The second kappa shape index (κ2) is 4.83. The van der Waals surface area contributed by atoms with Gasteiger partial charge in [-0.15, -0.1) is 0 Å². The number of carboxylic acids is 1. The molecule has 5 heteroatoms. The van der Waals surface area contributed by atoms with Gasteiger partial charge in [0.05, 0.1) is 0 Å². The van der Waals surface area contributed by atoms with Crippen molar-refractivity contribution in [2.45, 2.75) is 13.3 Å². The second-order valence-electron chi connectivity index (χ2n) is 3.83. The average Bonchev–Trinajstić information content (AvgIpc) is 2.75. The molecular weight excluding hydrogens is 234 g/mol. The highest BCUT2D eigenvalue weighted by Gasteiger charge is 2.12. The van der Waals surface area contributed by atoms with Crippen molar-refractivity contribution in [1.29, 1.82) is 0 Å². The van der Waals surface area contributed by atoms with E-state index in [1.54, 1.807) is 31.2 Å². The van der Waals surface area contributed by atoms with Gasteiger partial charge in [0.2, 0.25) is 0 Å². The number of aromatic nitrogens is 1. The molecule has 0 aliphatic carbocycles. The summed E-state index contributed by atoms with van der Waals surface area (Å²) in [4.78, 5) is 26.3. The molecule has 0 radical (unpaired) electrons. The van der Waals surface area contributed by atoms with Crippen molar-refractivity contribution in [3.8, 4) is 11.3 Å². The fourth-order valence-electron chi connectivity index (χ4n) is 1.59. The largest absolute Gasteiger partial charge is 0.481 e. The Kier molecular flexibility index (Phi) is 3.23. The number of Topliss-reactive ketones (excluding diaryl/α,β-unsaturated/α-hetero) is 1. The molecule has 92 valence electrons. The fraction of sp³-hybridized carbons (Fsp3) is 0.154. The molecule has 0 spiro atoms. The smallest absolute Gasteiger partial charge is 0.311 e. The summed E-state index contributed by atoms with van der Waals surface area (Å²) < 4.78 is 5.09. The summed E-state index contributed by atoms with van der Waals surface area (Å²) in [7, 11) is 0. The normalized spacial score (nSPS) is 10.3. The number of benzene rings is 1. The van der Waals surface area contributed by atoms with E-state index in [0.29, 0.717) is 17.1 Å². The van der Waals surface area contributed by atoms with Gasteiger partial charge in [0, 0.05) is 18.1 Å². The van der Waals surface area contributed by atoms with E-state index in [1.165, 1.54) is 6.26 Å². The van der Waals surface area contributed by atoms with Crippen molar-refractivity contribution in [2.75, 3.05) is 0 Å². The monoisotopic (exact) mass is 245 g/mol. The third-order valence-corrected chi connectivity index (χ3v) is 2.41. The van der Waals surface area contributed by atoms with Gasteiger partial charge in [-0.25, -0.2) is 4.98 Å². The molecule has 1 heterocycles. The lowest BCUT2D eigenvalue weighted by atomic mass is 10.0. The van der Waals surface area contributed by atoms with Crippen LogP contribution < -0.4 is 0 Å². The summed E-state index contributed by atoms with van der Waals surface area (Å²) in [5, 5.41) is 8.59. The molecule has 1 aromatic heterocycles. The number of carboxylic acid groups (broad SMARTS) is 1. The number of carbonyl (C=O) groups is 2. The average molecular weight is 245 g/mol. The number of oxazole rings is 1. The molecule has 0 saturated carbocycles. The highest BCUT2D eigenvalue weighted by Crippen LogP contribution is 2.20. The van der Waals surface area contributed by atoms with Crippen LogP contribution in [-0.4, -0.2) is 21.8 Å². The van der Waals surface area contributed by atoms with Gasteiger partial charge >= 0.3 is 5.97 Å². The molecule has 0 aliphatic heterocycles. The molecule has 0 unspecified atom stereocenters. The maximum absolute atomic E-state index is 11.6. The van der Waals surface area contributed by atoms with Crippen LogP contribution in [0.25, 0.3) is 11.3 Å². The summed E-state index contributed by atoms with van der Waals surface area (Å²) in [5.41, 5.74) is 1.70. The van der Waals surface area contributed by atoms with Gasteiger partial charge in [-0.1, -0.05) is 18.2 Å². The van der Waals surface area contributed by atoms with Gasteiger partial charge in [-0.05, 0) is 6.07 Å². The molecule has 0 saturated heterocycles. The number of nitrogens with zero attached hydrogens (tertiary/aromatic N) is 1. The number of rotatable bonds is 4. The Hall–Kier alpha value is -2.43. The predicted octanol–water partition coefficient (Wildman–Crippen LogP) is 2.31. The van der Waals surface area contributed by atoms with Gasteiger partial charge in [0.1, 0.15) is 18.4 Å². The minimum atomic E-state index is -1.14. The lowest BCUT2D eigenvalue weighted by molar-refractivity contribution is -0.135. The molecule has 2 rings (SSSR count). The van der Waals surface area contributed by atoms with E-state index in [4.69, 9.17) is 9.52 Å². The van der Waals surface area contributed by atoms with Crippen molar-refractivity contribution >= 4 is 11.8 Å². The highest BCUT2D eigenvalue weighted by atomic mass is 16.4. The molecule has 0 aliphatic rings. The first-order valence-electron chi connectivity index (χ1n) is 5.34. The zero-order chi connectivity index (χ0) is 13.1. The van der Waals surface area contributed by atoms with Crippen molar-refractivity contribution in [3.05, 3.63) is 42.0 Å². The maximum atomic E-state index is 11.6. The summed E-state index contributed by atoms with van der Waals surface area (Å²) in [6.45, 7) is 1.73. The molecule has 2 aromatic rings. The Morgan fingerprint density at radius 3 is 2.78 bits per heavy atom. The Balaban J connectivity index is 2.30. The first-order chi connectivity index (χ1) is 8.56. The lowest BCUT2D eigenvalue weighted by Gasteiger charge is -2.00. The number of aliphatic carboxylic acids is 1. The second-order valence-corrected chi connectivity index (χ2v) is 3.83. The topological polar surface area (TPSA) is 80.4 Å². The zero-order valence-electron chi connectivity index (χ0n) is 9.71. The van der Waals surface area contributed by atoms with E-state index in [9.17, 15) is 9.59 Å². The first kappa shape index (κ1) is 12.0. The van der Waals surface area contributed by atoms with E-state index >= 15 is 0 Å². The standard InChI is InChI=1S/C13H11NO4/c1-8-14-11(7-18-8)9-3-2-4-10(5-9)12(15)6-13(16)17/h2-5,7H,6H2,1H3,(H,16,17). The van der Waals surface area contributed by atoms with Crippen LogP contribution in [0.1, 0.15) is 22.7 Å². The molecule has 0 atom stereocenters. The van der Waals surface area contributed by atoms with Gasteiger partial charge in [-0.3, -0.25) is 9.59 Å². The van der Waals surface area contributed by atoms with E-state index in [2.05, 4.69) is 4.98 Å². The minimum Gasteiger partial charge on any atom is -0.481 e. The van der Waals surface area contributed by atoms with Crippen molar-refractivity contribution < 1.29 is 19.1 Å². The van der Waals surface area contributed by atoms with Crippen LogP contribution in [0.3, 0.4) is 0 Å². The Bertz CT molecular complexity index is 601. The van der Waals surface area contributed by atoms with Crippen LogP contribution in [0.5, 0.6) is 0 Å². The maximum Gasteiger partial charge on any atom is 0.311 e. The number of hydrogen-bond donors (Lipinski definition) is 1. The van der Waals surface area contributed by atoms with Gasteiger partial charge < -0.3 is 9.52 Å². The van der Waals surface area contributed by atoms with Crippen molar-refractivity contribution in [3.63, 3.8) is 0 Å². The van der Waals surface area contributed by atoms with Crippen LogP contribution in [0.2, 0.25) is 0 Å². The van der Waals surface area contributed by atoms with Crippen LogP contribution in [0.4, 0.5) is 0 Å².